The van der Waals surface area contributed by atoms with E-state index in [2.05, 4.69) is 66.9 Å². The van der Waals surface area contributed by atoms with Gasteiger partial charge in [0.25, 0.3) is 0 Å². The molecule has 494 valence electrons. The number of rotatable bonds is 62. The van der Waals surface area contributed by atoms with Gasteiger partial charge >= 0.3 is 5.97 Å². The molecule has 1 saturated heterocycles. The number of hydrogen-bond acceptors (Lipinski definition) is 10. The third-order valence-electron chi connectivity index (χ3n) is 16.6. The second kappa shape index (κ2) is 62.7. The summed E-state index contributed by atoms with van der Waals surface area (Å²) in [5, 5.41) is 54.2. The molecule has 0 spiro atoms. The molecule has 1 aliphatic rings. The monoisotopic (exact) mass is 1200 g/mol. The number of aliphatic hydroxyl groups excluding tert-OH is 5. The molecule has 0 radical (unpaired) electrons. The maximum absolute atomic E-state index is 13.0. The van der Waals surface area contributed by atoms with Crippen molar-refractivity contribution >= 4 is 11.9 Å². The number of hydrogen-bond donors (Lipinski definition) is 6. The van der Waals surface area contributed by atoms with Crippen LogP contribution in [0, 0.1) is 0 Å². The molecule has 7 atom stereocenters. The number of ether oxygens (including phenoxy) is 3. The van der Waals surface area contributed by atoms with Crippen LogP contribution in [0.4, 0.5) is 0 Å². The average molecular weight is 1200 g/mol. The van der Waals surface area contributed by atoms with Gasteiger partial charge in [0, 0.05) is 12.8 Å². The van der Waals surface area contributed by atoms with Crippen molar-refractivity contribution in [3.8, 4) is 0 Å². The van der Waals surface area contributed by atoms with Crippen LogP contribution in [0.5, 0.6) is 0 Å². The lowest BCUT2D eigenvalue weighted by Crippen LogP contribution is -2.60. The predicted octanol–water partition coefficient (Wildman–Crippen LogP) is 18.3. The normalized spacial score (nSPS) is 18.4. The van der Waals surface area contributed by atoms with Crippen LogP contribution < -0.4 is 5.32 Å². The largest absolute Gasteiger partial charge is 0.466 e. The quantitative estimate of drug-likeness (QED) is 0.0195. The van der Waals surface area contributed by atoms with Gasteiger partial charge < -0.3 is 45.1 Å². The van der Waals surface area contributed by atoms with E-state index >= 15 is 0 Å². The van der Waals surface area contributed by atoms with Crippen molar-refractivity contribution in [2.24, 2.45) is 0 Å². The second-order valence-electron chi connectivity index (χ2n) is 24.6. The molecule has 0 bridgehead atoms. The highest BCUT2D eigenvalue weighted by atomic mass is 16.7. The van der Waals surface area contributed by atoms with Gasteiger partial charge in [-0.2, -0.15) is 0 Å². The van der Waals surface area contributed by atoms with Gasteiger partial charge in [-0.05, 0) is 110 Å². The van der Waals surface area contributed by atoms with Crippen molar-refractivity contribution < 1.29 is 49.3 Å². The standard InChI is InChI=1S/C74H133NO10/c1-3-5-7-9-11-13-14-38-42-46-50-54-58-62-70(79)83-63-59-55-51-47-43-40-37-35-33-31-29-27-25-23-21-19-17-15-16-18-20-22-24-26-28-30-32-34-36-39-41-45-49-53-57-61-69(78)75-66(67(77)60-56-52-48-44-12-10-8-6-4-2)65-84-74-73(82)72(81)71(80)68(64-76)85-74/h4,6,12-14,17,19,23,25,44,56,60,66-68,71-74,76-77,80-82H,3,5,7-11,15-16,18,20-22,24,26-43,45-55,57-59,61-65H2,1-2H3,(H,75,78)/b6-4+,14-13-,19-17-,25-23-,44-12+,60-56+. The number of carbonyl (C=O) groups excluding carboxylic acids is 2. The van der Waals surface area contributed by atoms with Gasteiger partial charge in [-0.1, -0.05) is 272 Å². The fourth-order valence-corrected chi connectivity index (χ4v) is 11.0. The summed E-state index contributed by atoms with van der Waals surface area (Å²) in [6.45, 7) is 4.09. The summed E-state index contributed by atoms with van der Waals surface area (Å²) in [6, 6.07) is -0.833. The van der Waals surface area contributed by atoms with E-state index in [-0.39, 0.29) is 18.5 Å². The van der Waals surface area contributed by atoms with E-state index in [1.54, 1.807) is 6.08 Å². The van der Waals surface area contributed by atoms with E-state index in [9.17, 15) is 35.1 Å². The van der Waals surface area contributed by atoms with Gasteiger partial charge in [-0.3, -0.25) is 9.59 Å². The van der Waals surface area contributed by atoms with Crippen molar-refractivity contribution in [1.29, 1.82) is 0 Å². The fourth-order valence-electron chi connectivity index (χ4n) is 11.0. The topological polar surface area (TPSA) is 175 Å². The van der Waals surface area contributed by atoms with Crippen LogP contribution in [0.25, 0.3) is 0 Å². The lowest BCUT2D eigenvalue weighted by Gasteiger charge is -2.40. The summed E-state index contributed by atoms with van der Waals surface area (Å²) in [5.41, 5.74) is 0. The van der Waals surface area contributed by atoms with E-state index in [1.807, 2.05) is 19.1 Å². The first-order valence-corrected chi connectivity index (χ1v) is 35.7. The third-order valence-corrected chi connectivity index (χ3v) is 16.6. The molecule has 1 rings (SSSR count). The molecule has 6 N–H and O–H groups in total. The van der Waals surface area contributed by atoms with E-state index in [4.69, 9.17) is 14.2 Å². The van der Waals surface area contributed by atoms with Gasteiger partial charge in [0.05, 0.1) is 32.0 Å². The SMILES string of the molecule is C/C=C/CC/C=C/CC/C=C/C(O)C(COC1OC(CO)C(O)C(O)C1O)NC(=O)CCCCCCCCCCCCCCCCCCC/C=C\C/C=C\CCCCCCCCCCCCCOC(=O)CCCCCCC/C=C\CCCCCC. The van der Waals surface area contributed by atoms with E-state index in [0.717, 1.165) is 70.6 Å². The third kappa shape index (κ3) is 51.7. The van der Waals surface area contributed by atoms with Gasteiger partial charge in [-0.25, -0.2) is 0 Å². The maximum atomic E-state index is 13.0. The first kappa shape index (κ1) is 80.1. The Balaban J connectivity index is 1.91. The number of esters is 1. The molecule has 11 heteroatoms. The predicted molar refractivity (Wildman–Crippen MR) is 356 cm³/mol. The molecule has 0 aromatic heterocycles. The number of unbranched alkanes of at least 4 members (excludes halogenated alkanes) is 39. The van der Waals surface area contributed by atoms with Crippen LogP contribution in [-0.2, 0) is 23.8 Å². The summed E-state index contributed by atoms with van der Waals surface area (Å²) in [5.74, 6) is -0.197. The summed E-state index contributed by atoms with van der Waals surface area (Å²) in [6.07, 6.45) is 75.2. The zero-order chi connectivity index (χ0) is 61.6. The number of nitrogens with one attached hydrogen (secondary N) is 1. The average Bonchev–Trinajstić information content (AvgIpc) is 3.17. The zero-order valence-corrected chi connectivity index (χ0v) is 54.8. The number of amides is 1. The Kier molecular flexibility index (Phi) is 59.1. The Morgan fingerprint density at radius 3 is 1.31 bits per heavy atom. The highest BCUT2D eigenvalue weighted by Gasteiger charge is 2.44. The highest BCUT2D eigenvalue weighted by molar-refractivity contribution is 5.76. The van der Waals surface area contributed by atoms with Crippen molar-refractivity contribution in [2.45, 2.75) is 365 Å². The summed E-state index contributed by atoms with van der Waals surface area (Å²) >= 11 is 0. The molecule has 7 unspecified atom stereocenters. The van der Waals surface area contributed by atoms with E-state index < -0.39 is 49.5 Å². The summed E-state index contributed by atoms with van der Waals surface area (Å²) in [7, 11) is 0. The molecule has 0 saturated carbocycles. The minimum absolute atomic E-state index is 0.0000134. The molecule has 1 amide bonds. The van der Waals surface area contributed by atoms with Crippen molar-refractivity contribution in [1.82, 2.24) is 5.32 Å². The highest BCUT2D eigenvalue weighted by Crippen LogP contribution is 2.23. The first-order valence-electron chi connectivity index (χ1n) is 35.7. The van der Waals surface area contributed by atoms with E-state index in [1.165, 1.54) is 225 Å². The van der Waals surface area contributed by atoms with Gasteiger partial charge in [0.2, 0.25) is 5.91 Å². The van der Waals surface area contributed by atoms with Crippen LogP contribution in [0.1, 0.15) is 322 Å². The molecule has 0 aromatic rings. The summed E-state index contributed by atoms with van der Waals surface area (Å²) < 4.78 is 16.7. The molecule has 11 nitrogen and oxygen atoms in total. The molecule has 1 heterocycles. The lowest BCUT2D eigenvalue weighted by molar-refractivity contribution is -0.302. The lowest BCUT2D eigenvalue weighted by atomic mass is 9.99. The van der Waals surface area contributed by atoms with Crippen LogP contribution >= 0.6 is 0 Å². The molecule has 1 aliphatic heterocycles. The zero-order valence-electron chi connectivity index (χ0n) is 54.8. The Bertz CT molecular complexity index is 1640. The molecular formula is C74H133NO10. The van der Waals surface area contributed by atoms with E-state index in [0.29, 0.717) is 19.4 Å². The number of carbonyl (C=O) groups is 2. The maximum Gasteiger partial charge on any atom is 0.305 e. The second-order valence-corrected chi connectivity index (χ2v) is 24.6. The Morgan fingerprint density at radius 1 is 0.459 bits per heavy atom. The van der Waals surface area contributed by atoms with Crippen molar-refractivity contribution in [2.75, 3.05) is 19.8 Å². The minimum Gasteiger partial charge on any atom is -0.466 e. The van der Waals surface area contributed by atoms with Crippen LogP contribution in [0.2, 0.25) is 0 Å². The van der Waals surface area contributed by atoms with Crippen molar-refractivity contribution in [3.63, 3.8) is 0 Å². The van der Waals surface area contributed by atoms with Crippen molar-refractivity contribution in [3.05, 3.63) is 72.9 Å². The first-order chi connectivity index (χ1) is 41.7. The molecule has 1 fully saturated rings. The van der Waals surface area contributed by atoms with Gasteiger partial charge in [0.15, 0.2) is 6.29 Å². The van der Waals surface area contributed by atoms with Crippen LogP contribution in [-0.4, -0.2) is 100 Å². The molecule has 0 aliphatic carbocycles. The van der Waals surface area contributed by atoms with Crippen LogP contribution in [0.15, 0.2) is 72.9 Å². The number of allylic oxidation sites excluding steroid dienone is 11. The minimum atomic E-state index is -1.58. The molecule has 85 heavy (non-hydrogen) atoms. The van der Waals surface area contributed by atoms with Crippen LogP contribution in [0.3, 0.4) is 0 Å². The Labute approximate surface area is 521 Å². The number of aliphatic hydroxyl groups is 5. The van der Waals surface area contributed by atoms with Gasteiger partial charge in [-0.15, -0.1) is 0 Å². The van der Waals surface area contributed by atoms with Gasteiger partial charge in [0.1, 0.15) is 24.4 Å². The summed E-state index contributed by atoms with van der Waals surface area (Å²) in [4.78, 5) is 25.0. The fraction of sp³-hybridized carbons (Fsp3) is 0.811. The molecule has 0 aromatic carbocycles. The molecular weight excluding hydrogens is 1060 g/mol. The Morgan fingerprint density at radius 2 is 0.847 bits per heavy atom. The Hall–Kier alpha value is -2.90. The smallest absolute Gasteiger partial charge is 0.305 e.